The van der Waals surface area contributed by atoms with Gasteiger partial charge in [0.05, 0.1) is 5.75 Å². The normalized spacial score (nSPS) is 12.5. The molecule has 4 aromatic rings. The third-order valence-electron chi connectivity index (χ3n) is 4.18. The highest BCUT2D eigenvalue weighted by Gasteiger charge is 2.17. The predicted octanol–water partition coefficient (Wildman–Crippen LogP) is 3.93. The van der Waals surface area contributed by atoms with Gasteiger partial charge in [-0.15, -0.1) is 0 Å². The van der Waals surface area contributed by atoms with Crippen LogP contribution in [0, 0.1) is 5.21 Å². The van der Waals surface area contributed by atoms with Crippen molar-refractivity contribution in [2.75, 3.05) is 0 Å². The highest BCUT2D eigenvalue weighted by Crippen LogP contribution is 2.30. The molecule has 0 bridgehead atoms. The van der Waals surface area contributed by atoms with Crippen LogP contribution in [0.4, 0.5) is 0 Å². The quantitative estimate of drug-likeness (QED) is 0.324. The average Bonchev–Trinajstić information content (AvgIpc) is 2.62. The molecule has 0 aliphatic heterocycles. The molecule has 0 saturated heterocycles. The maximum atomic E-state index is 12.8. The summed E-state index contributed by atoms with van der Waals surface area (Å²) in [6, 6.07) is 23.3. The zero-order valence-corrected chi connectivity index (χ0v) is 13.7. The molecule has 3 nitrogen and oxygen atoms in total. The van der Waals surface area contributed by atoms with E-state index in [1.165, 1.54) is 6.20 Å². The molecule has 0 aliphatic rings. The highest BCUT2D eigenvalue weighted by atomic mass is 32.2. The van der Waals surface area contributed by atoms with Gasteiger partial charge in [0.2, 0.25) is 0 Å². The molecule has 0 spiro atoms. The fraction of sp³-hybridized carbons (Fsp3) is 0.0500. The number of hydrogen-bond donors (Lipinski definition) is 0. The fourth-order valence-electron chi connectivity index (χ4n) is 3.06. The fourth-order valence-corrected chi connectivity index (χ4v) is 4.27. The van der Waals surface area contributed by atoms with Crippen molar-refractivity contribution in [3.8, 4) is 0 Å². The van der Waals surface area contributed by atoms with Crippen molar-refractivity contribution in [2.24, 2.45) is 0 Å². The summed E-state index contributed by atoms with van der Waals surface area (Å²) in [5.41, 5.74) is 1.02. The summed E-state index contributed by atoms with van der Waals surface area (Å²) >= 11 is 0. The predicted molar refractivity (Wildman–Crippen MR) is 97.0 cm³/mol. The Morgan fingerprint density at radius 1 is 0.833 bits per heavy atom. The largest absolute Gasteiger partial charge is 0.618 e. The van der Waals surface area contributed by atoms with E-state index in [4.69, 9.17) is 0 Å². The van der Waals surface area contributed by atoms with Gasteiger partial charge in [0, 0.05) is 12.1 Å². The van der Waals surface area contributed by atoms with Crippen molar-refractivity contribution in [2.45, 2.75) is 10.8 Å². The van der Waals surface area contributed by atoms with Gasteiger partial charge in [0.15, 0.2) is 6.20 Å². The van der Waals surface area contributed by atoms with Crippen LogP contribution in [-0.2, 0) is 16.6 Å². The summed E-state index contributed by atoms with van der Waals surface area (Å²) in [5, 5.41) is 16.6. The first-order valence-electron chi connectivity index (χ1n) is 7.70. The molecule has 3 aromatic carbocycles. The summed E-state index contributed by atoms with van der Waals surface area (Å²) in [4.78, 5) is 0. The highest BCUT2D eigenvalue weighted by molar-refractivity contribution is 7.84. The SMILES string of the molecule is O=S(Cc1c2ccccc2cc2ccccc12)c1cccc[n+]1[O-]. The van der Waals surface area contributed by atoms with Crippen molar-refractivity contribution in [1.29, 1.82) is 0 Å². The Morgan fingerprint density at radius 3 is 2.04 bits per heavy atom. The van der Waals surface area contributed by atoms with Gasteiger partial charge >= 0.3 is 0 Å². The second-order valence-electron chi connectivity index (χ2n) is 5.65. The number of aromatic nitrogens is 1. The first-order valence-corrected chi connectivity index (χ1v) is 9.02. The topological polar surface area (TPSA) is 44.0 Å². The molecule has 1 aromatic heterocycles. The molecule has 4 rings (SSSR count). The molecule has 4 heteroatoms. The monoisotopic (exact) mass is 333 g/mol. The Balaban J connectivity index is 1.91. The molecule has 0 amide bonds. The summed E-state index contributed by atoms with van der Waals surface area (Å²) in [6.07, 6.45) is 1.38. The molecular formula is C20H15NO2S. The van der Waals surface area contributed by atoms with Crippen LogP contribution >= 0.6 is 0 Å². The van der Waals surface area contributed by atoms with Crippen LogP contribution < -0.4 is 4.73 Å². The molecule has 0 aliphatic carbocycles. The lowest BCUT2D eigenvalue weighted by Crippen LogP contribution is -2.31. The summed E-state index contributed by atoms with van der Waals surface area (Å²) in [7, 11) is -1.41. The van der Waals surface area contributed by atoms with Crippen LogP contribution in [0.2, 0.25) is 0 Å². The van der Waals surface area contributed by atoms with E-state index in [2.05, 4.69) is 18.2 Å². The van der Waals surface area contributed by atoms with Gasteiger partial charge in [0.1, 0.15) is 10.8 Å². The Hall–Kier alpha value is -2.72. The van der Waals surface area contributed by atoms with Crippen molar-refractivity contribution in [3.05, 3.63) is 89.8 Å². The van der Waals surface area contributed by atoms with E-state index in [1.54, 1.807) is 18.2 Å². The molecule has 0 saturated carbocycles. The number of rotatable bonds is 3. The zero-order valence-electron chi connectivity index (χ0n) is 12.9. The molecule has 1 heterocycles. The van der Waals surface area contributed by atoms with Gasteiger partial charge in [-0.25, -0.2) is 4.21 Å². The number of hydrogen-bond acceptors (Lipinski definition) is 2. The van der Waals surface area contributed by atoms with Crippen LogP contribution in [0.15, 0.2) is 84.0 Å². The molecule has 24 heavy (non-hydrogen) atoms. The standard InChI is InChI=1S/C20H15NO2S/c22-21-12-6-5-11-20(21)24(23)14-19-17-9-3-1-7-15(17)13-16-8-2-4-10-18(16)19/h1-13H,14H2. The van der Waals surface area contributed by atoms with E-state index in [9.17, 15) is 9.42 Å². The van der Waals surface area contributed by atoms with Gasteiger partial charge in [-0.2, -0.15) is 4.73 Å². The van der Waals surface area contributed by atoms with Gasteiger partial charge in [-0.05, 0) is 39.2 Å². The van der Waals surface area contributed by atoms with E-state index in [0.29, 0.717) is 10.5 Å². The Bertz CT molecular complexity index is 1020. The molecule has 1 unspecified atom stereocenters. The van der Waals surface area contributed by atoms with Crippen molar-refractivity contribution < 1.29 is 8.94 Å². The van der Waals surface area contributed by atoms with E-state index >= 15 is 0 Å². The molecule has 1 atom stereocenters. The van der Waals surface area contributed by atoms with Crippen LogP contribution in [0.3, 0.4) is 0 Å². The number of pyridine rings is 1. The second kappa shape index (κ2) is 6.06. The van der Waals surface area contributed by atoms with Gasteiger partial charge in [0.25, 0.3) is 5.03 Å². The van der Waals surface area contributed by atoms with Crippen molar-refractivity contribution in [3.63, 3.8) is 0 Å². The van der Waals surface area contributed by atoms with E-state index in [-0.39, 0.29) is 5.03 Å². The summed E-state index contributed by atoms with van der Waals surface area (Å²) < 4.78 is 13.5. The molecule has 0 N–H and O–H groups in total. The lowest BCUT2D eigenvalue weighted by Gasteiger charge is -2.11. The van der Waals surface area contributed by atoms with E-state index < -0.39 is 10.8 Å². The lowest BCUT2D eigenvalue weighted by atomic mass is 9.98. The van der Waals surface area contributed by atoms with E-state index in [1.807, 2.05) is 36.4 Å². The van der Waals surface area contributed by atoms with Crippen molar-refractivity contribution in [1.82, 2.24) is 0 Å². The second-order valence-corrected chi connectivity index (χ2v) is 7.05. The van der Waals surface area contributed by atoms with Crippen LogP contribution in [0.25, 0.3) is 21.5 Å². The molecule has 0 fully saturated rings. The van der Waals surface area contributed by atoms with E-state index in [0.717, 1.165) is 27.1 Å². The number of fused-ring (bicyclic) bond motifs is 2. The maximum absolute atomic E-state index is 12.8. The van der Waals surface area contributed by atoms with Crippen LogP contribution in [-0.4, -0.2) is 4.21 Å². The molecule has 0 radical (unpaired) electrons. The minimum Gasteiger partial charge on any atom is -0.618 e. The summed E-state index contributed by atoms with van der Waals surface area (Å²) in [6.45, 7) is 0. The smallest absolute Gasteiger partial charge is 0.281 e. The van der Waals surface area contributed by atoms with Gasteiger partial charge < -0.3 is 5.21 Å². The Morgan fingerprint density at radius 2 is 1.42 bits per heavy atom. The third-order valence-corrected chi connectivity index (χ3v) is 5.51. The minimum absolute atomic E-state index is 0.287. The van der Waals surface area contributed by atoms with Gasteiger partial charge in [-0.1, -0.05) is 48.5 Å². The minimum atomic E-state index is -1.41. The lowest BCUT2D eigenvalue weighted by molar-refractivity contribution is -0.646. The molecular weight excluding hydrogens is 318 g/mol. The van der Waals surface area contributed by atoms with Crippen LogP contribution in [0.1, 0.15) is 5.56 Å². The third kappa shape index (κ3) is 2.55. The summed E-state index contributed by atoms with van der Waals surface area (Å²) in [5.74, 6) is 0.314. The molecule has 118 valence electrons. The van der Waals surface area contributed by atoms with Crippen molar-refractivity contribution >= 4 is 32.3 Å². The average molecular weight is 333 g/mol. The first-order chi connectivity index (χ1) is 11.7. The van der Waals surface area contributed by atoms with Gasteiger partial charge in [-0.3, -0.25) is 0 Å². The Kier molecular flexibility index (Phi) is 3.75. The maximum Gasteiger partial charge on any atom is 0.281 e. The first kappa shape index (κ1) is 14.8. The van der Waals surface area contributed by atoms with Crippen LogP contribution in [0.5, 0.6) is 0 Å². The zero-order chi connectivity index (χ0) is 16.5. The number of benzene rings is 3. The number of nitrogens with zero attached hydrogens (tertiary/aromatic N) is 1. The Labute approximate surface area is 142 Å².